The van der Waals surface area contributed by atoms with Gasteiger partial charge >= 0.3 is 0 Å². The van der Waals surface area contributed by atoms with Crippen molar-refractivity contribution in [3.63, 3.8) is 0 Å². The third-order valence-corrected chi connectivity index (χ3v) is 4.22. The molecule has 3 aromatic rings. The summed E-state index contributed by atoms with van der Waals surface area (Å²) in [4.78, 5) is 27.0. The van der Waals surface area contributed by atoms with Crippen LogP contribution in [0.15, 0.2) is 30.9 Å². The molecule has 4 rings (SSSR count). The molecule has 1 amide bonds. The highest BCUT2D eigenvalue weighted by Crippen LogP contribution is 2.28. The second-order valence-corrected chi connectivity index (χ2v) is 5.86. The summed E-state index contributed by atoms with van der Waals surface area (Å²) in [6.45, 7) is 3.75. The lowest BCUT2D eigenvalue weighted by molar-refractivity contribution is 0.0990. The molecule has 1 aliphatic rings. The van der Waals surface area contributed by atoms with Gasteiger partial charge in [-0.2, -0.15) is 0 Å². The summed E-state index contributed by atoms with van der Waals surface area (Å²) in [7, 11) is 0. The van der Waals surface area contributed by atoms with Gasteiger partial charge in [-0.15, -0.1) is 0 Å². The lowest BCUT2D eigenvalue weighted by Gasteiger charge is -2.20. The Balaban J connectivity index is 1.75. The monoisotopic (exact) mass is 338 g/mol. The fraction of sp³-hybridized carbons (Fsp3) is 0.294. The van der Waals surface area contributed by atoms with E-state index < -0.39 is 0 Å². The highest BCUT2D eigenvalue weighted by atomic mass is 16.5. The van der Waals surface area contributed by atoms with Crippen molar-refractivity contribution in [2.75, 3.05) is 23.8 Å². The minimum absolute atomic E-state index is 0.116. The molecule has 0 saturated heterocycles. The summed E-state index contributed by atoms with van der Waals surface area (Å²) < 4.78 is 7.66. The minimum atomic E-state index is -0.278. The second-order valence-electron chi connectivity index (χ2n) is 5.86. The van der Waals surface area contributed by atoms with Crippen LogP contribution < -0.4 is 15.4 Å². The number of pyridine rings is 1. The van der Waals surface area contributed by atoms with E-state index in [-0.39, 0.29) is 23.2 Å². The molecule has 25 heavy (non-hydrogen) atoms. The molecule has 0 radical (unpaired) electrons. The molecule has 8 nitrogen and oxygen atoms in total. The summed E-state index contributed by atoms with van der Waals surface area (Å²) in [5.74, 6) is 0.0629. The van der Waals surface area contributed by atoms with Crippen LogP contribution in [0.1, 0.15) is 23.7 Å². The Morgan fingerprint density at radius 1 is 1.32 bits per heavy atom. The topological polar surface area (TPSA) is 99.2 Å². The van der Waals surface area contributed by atoms with Crippen molar-refractivity contribution in [2.24, 2.45) is 0 Å². The first kappa shape index (κ1) is 15.4. The lowest BCUT2D eigenvalue weighted by atomic mass is 10.2. The smallest absolute Gasteiger partial charge is 0.267 e. The lowest BCUT2D eigenvalue weighted by Crippen LogP contribution is -2.32. The van der Waals surface area contributed by atoms with E-state index in [1.54, 1.807) is 11.1 Å². The zero-order valence-electron chi connectivity index (χ0n) is 13.8. The van der Waals surface area contributed by atoms with E-state index in [0.717, 1.165) is 24.0 Å². The van der Waals surface area contributed by atoms with Crippen LogP contribution in [0.5, 0.6) is 5.88 Å². The molecule has 0 aromatic carbocycles. The molecule has 8 heteroatoms. The number of fused-ring (bicyclic) bond motifs is 2. The standard InChI is InChI=1S/C17H18N6O2/c1-2-4-22-5-3-11-8-12(9-19-15(11)22)23-6-7-25-16-13(17(23)24)14(18)20-10-21-16/h3,5,8-10H,2,4,6-7H2,1H3,(H2,18,20,21). The summed E-state index contributed by atoms with van der Waals surface area (Å²) in [6.07, 6.45) is 6.04. The van der Waals surface area contributed by atoms with E-state index in [1.807, 2.05) is 18.3 Å². The summed E-state index contributed by atoms with van der Waals surface area (Å²) in [5.41, 5.74) is 7.68. The van der Waals surface area contributed by atoms with Crippen molar-refractivity contribution >= 4 is 28.4 Å². The normalized spacial score (nSPS) is 14.3. The molecular weight excluding hydrogens is 320 g/mol. The number of ether oxygens (including phenoxy) is 1. The third kappa shape index (κ3) is 2.55. The SMILES string of the molecule is CCCn1ccc2cc(N3CCOc4ncnc(N)c4C3=O)cnc21. The summed E-state index contributed by atoms with van der Waals surface area (Å²) in [6, 6.07) is 3.96. The number of nitrogen functional groups attached to an aromatic ring is 1. The zero-order chi connectivity index (χ0) is 17.4. The van der Waals surface area contributed by atoms with Gasteiger partial charge in [0.05, 0.1) is 18.4 Å². The van der Waals surface area contributed by atoms with Gasteiger partial charge in [-0.1, -0.05) is 6.92 Å². The molecule has 4 heterocycles. The van der Waals surface area contributed by atoms with Gasteiger partial charge < -0.3 is 19.9 Å². The molecule has 2 N–H and O–H groups in total. The molecule has 0 bridgehead atoms. The first-order valence-corrected chi connectivity index (χ1v) is 8.19. The van der Waals surface area contributed by atoms with Crippen LogP contribution in [0.3, 0.4) is 0 Å². The number of aryl methyl sites for hydroxylation is 1. The van der Waals surface area contributed by atoms with Gasteiger partial charge in [-0.3, -0.25) is 4.79 Å². The van der Waals surface area contributed by atoms with E-state index in [4.69, 9.17) is 10.5 Å². The highest BCUT2D eigenvalue weighted by Gasteiger charge is 2.29. The predicted octanol–water partition coefficient (Wildman–Crippen LogP) is 1.86. The fourth-order valence-electron chi connectivity index (χ4n) is 3.04. The van der Waals surface area contributed by atoms with Gasteiger partial charge in [-0.05, 0) is 18.6 Å². The highest BCUT2D eigenvalue weighted by molar-refractivity contribution is 6.11. The molecule has 0 saturated carbocycles. The van der Waals surface area contributed by atoms with Crippen LogP contribution in [0.25, 0.3) is 11.0 Å². The van der Waals surface area contributed by atoms with E-state index in [1.165, 1.54) is 6.33 Å². The van der Waals surface area contributed by atoms with Gasteiger partial charge in [-0.25, -0.2) is 15.0 Å². The maximum atomic E-state index is 13.0. The summed E-state index contributed by atoms with van der Waals surface area (Å²) >= 11 is 0. The molecule has 0 unspecified atom stereocenters. The average Bonchev–Trinajstić information content (AvgIpc) is 2.92. The quantitative estimate of drug-likeness (QED) is 0.782. The van der Waals surface area contributed by atoms with Gasteiger partial charge in [0.15, 0.2) is 0 Å². The Morgan fingerprint density at radius 2 is 2.20 bits per heavy atom. The Kier molecular flexibility index (Phi) is 3.72. The Labute approximate surface area is 144 Å². The molecule has 0 aliphatic carbocycles. The van der Waals surface area contributed by atoms with Crippen LogP contribution in [-0.4, -0.2) is 38.6 Å². The van der Waals surface area contributed by atoms with Crippen molar-refractivity contribution < 1.29 is 9.53 Å². The van der Waals surface area contributed by atoms with Crippen molar-refractivity contribution in [2.45, 2.75) is 19.9 Å². The van der Waals surface area contributed by atoms with E-state index in [2.05, 4.69) is 26.4 Å². The Bertz CT molecular complexity index is 951. The van der Waals surface area contributed by atoms with Crippen molar-refractivity contribution in [3.8, 4) is 5.88 Å². The van der Waals surface area contributed by atoms with E-state index in [9.17, 15) is 4.79 Å². The summed E-state index contributed by atoms with van der Waals surface area (Å²) in [5, 5.41) is 0.987. The molecule has 3 aromatic heterocycles. The maximum absolute atomic E-state index is 13.0. The van der Waals surface area contributed by atoms with Crippen LogP contribution in [0.2, 0.25) is 0 Å². The fourth-order valence-corrected chi connectivity index (χ4v) is 3.04. The van der Waals surface area contributed by atoms with Gasteiger partial charge in [0.1, 0.15) is 30.0 Å². The van der Waals surface area contributed by atoms with Crippen LogP contribution in [0, 0.1) is 0 Å². The first-order valence-electron chi connectivity index (χ1n) is 8.19. The van der Waals surface area contributed by atoms with Crippen molar-refractivity contribution in [1.82, 2.24) is 19.5 Å². The zero-order valence-corrected chi connectivity index (χ0v) is 13.8. The minimum Gasteiger partial charge on any atom is -0.475 e. The van der Waals surface area contributed by atoms with Crippen LogP contribution in [0.4, 0.5) is 11.5 Å². The number of rotatable bonds is 3. The predicted molar refractivity (Wildman–Crippen MR) is 93.6 cm³/mol. The van der Waals surface area contributed by atoms with Crippen molar-refractivity contribution in [1.29, 1.82) is 0 Å². The number of nitrogens with zero attached hydrogens (tertiary/aromatic N) is 5. The molecule has 1 aliphatic heterocycles. The third-order valence-electron chi connectivity index (χ3n) is 4.22. The number of hydrogen-bond donors (Lipinski definition) is 1. The second kappa shape index (κ2) is 6.04. The van der Waals surface area contributed by atoms with Crippen LogP contribution >= 0.6 is 0 Å². The van der Waals surface area contributed by atoms with E-state index >= 15 is 0 Å². The number of amides is 1. The molecule has 0 spiro atoms. The van der Waals surface area contributed by atoms with Crippen molar-refractivity contribution in [3.05, 3.63) is 36.4 Å². The van der Waals surface area contributed by atoms with Crippen LogP contribution in [-0.2, 0) is 6.54 Å². The molecular formula is C17H18N6O2. The number of anilines is 2. The first-order chi connectivity index (χ1) is 12.2. The number of carbonyl (C=O) groups excluding carboxylic acids is 1. The Morgan fingerprint density at radius 3 is 3.04 bits per heavy atom. The average molecular weight is 338 g/mol. The van der Waals surface area contributed by atoms with E-state index in [0.29, 0.717) is 18.8 Å². The van der Waals surface area contributed by atoms with Gasteiger partial charge in [0.2, 0.25) is 5.88 Å². The number of hydrogen-bond acceptors (Lipinski definition) is 6. The number of nitrogens with two attached hydrogens (primary N) is 1. The van der Waals surface area contributed by atoms with Gasteiger partial charge in [0.25, 0.3) is 5.91 Å². The Hall–Kier alpha value is -3.16. The molecule has 0 fully saturated rings. The molecule has 128 valence electrons. The molecule has 0 atom stereocenters. The van der Waals surface area contributed by atoms with Gasteiger partial charge in [0, 0.05) is 18.1 Å². The maximum Gasteiger partial charge on any atom is 0.267 e. The largest absolute Gasteiger partial charge is 0.475 e. The number of aromatic nitrogens is 4. The number of carbonyl (C=O) groups is 1.